The van der Waals surface area contributed by atoms with Gasteiger partial charge >= 0.3 is 0 Å². The van der Waals surface area contributed by atoms with Crippen LogP contribution in [0.3, 0.4) is 0 Å². The Morgan fingerprint density at radius 3 is 2.52 bits per heavy atom. The van der Waals surface area contributed by atoms with Gasteiger partial charge in [0.05, 0.1) is 10.6 Å². The smallest absolute Gasteiger partial charge is 0.252 e. The van der Waals surface area contributed by atoms with Crippen molar-refractivity contribution >= 4 is 34.9 Å². The normalized spacial score (nSPS) is 20.7. The van der Waals surface area contributed by atoms with E-state index in [9.17, 15) is 4.79 Å². The molecule has 0 unspecified atom stereocenters. The Balaban J connectivity index is 0.00000324. The lowest BCUT2D eigenvalue weighted by atomic mass is 9.99. The van der Waals surface area contributed by atoms with Gasteiger partial charge in [-0.3, -0.25) is 14.6 Å². The van der Waals surface area contributed by atoms with Crippen molar-refractivity contribution in [3.8, 4) is 0 Å². The number of rotatable bonds is 6. The van der Waals surface area contributed by atoms with Crippen molar-refractivity contribution in [2.45, 2.75) is 45.3 Å². The number of nitrogens with zero attached hydrogens (tertiary/aromatic N) is 4. The van der Waals surface area contributed by atoms with Crippen molar-refractivity contribution in [2.75, 3.05) is 44.2 Å². The van der Waals surface area contributed by atoms with Gasteiger partial charge in [-0.1, -0.05) is 35.3 Å². The second-order valence-electron chi connectivity index (χ2n) is 9.06. The number of carbonyl (C=O) groups excluding carboxylic acids is 1. The summed E-state index contributed by atoms with van der Waals surface area (Å²) < 4.78 is 0. The topological polar surface area (TPSA) is 51.7 Å². The van der Waals surface area contributed by atoms with Gasteiger partial charge in [0.15, 0.2) is 0 Å². The SMILES string of the molecule is CCNC(=O)c1cnc(N2CCN(C3CCN(Cc4ccc(Cl)cc4)CC3)[C@@H](C)C2)c(Cl)c1.[HH]. The molecule has 0 aliphatic carbocycles. The minimum Gasteiger partial charge on any atom is -0.353 e. The van der Waals surface area contributed by atoms with E-state index in [1.165, 1.54) is 18.4 Å². The molecule has 0 saturated carbocycles. The first-order valence-corrected chi connectivity index (χ1v) is 12.6. The van der Waals surface area contributed by atoms with E-state index in [0.29, 0.717) is 29.2 Å². The molecule has 2 aliphatic rings. The predicted molar refractivity (Wildman–Crippen MR) is 138 cm³/mol. The third-order valence-corrected chi connectivity index (χ3v) is 7.28. The van der Waals surface area contributed by atoms with Crippen LogP contribution in [0.15, 0.2) is 36.5 Å². The highest BCUT2D eigenvalue weighted by Crippen LogP contribution is 2.29. The van der Waals surface area contributed by atoms with E-state index in [0.717, 1.165) is 50.1 Å². The van der Waals surface area contributed by atoms with Crippen molar-refractivity contribution < 1.29 is 6.22 Å². The van der Waals surface area contributed by atoms with Crippen LogP contribution in [0.5, 0.6) is 0 Å². The molecule has 0 radical (unpaired) electrons. The van der Waals surface area contributed by atoms with Crippen molar-refractivity contribution in [1.29, 1.82) is 0 Å². The van der Waals surface area contributed by atoms with Crippen molar-refractivity contribution in [2.24, 2.45) is 0 Å². The summed E-state index contributed by atoms with van der Waals surface area (Å²) in [5.41, 5.74) is 1.82. The maximum Gasteiger partial charge on any atom is 0.252 e. The van der Waals surface area contributed by atoms with Crippen LogP contribution in [-0.4, -0.2) is 72.0 Å². The molecule has 2 saturated heterocycles. The molecule has 1 amide bonds. The van der Waals surface area contributed by atoms with E-state index < -0.39 is 0 Å². The van der Waals surface area contributed by atoms with Crippen LogP contribution in [-0.2, 0) is 6.54 Å². The third-order valence-electron chi connectivity index (χ3n) is 6.75. The van der Waals surface area contributed by atoms with Gasteiger partial charge in [0.25, 0.3) is 5.91 Å². The molecule has 4 rings (SSSR count). The monoisotopic (exact) mass is 491 g/mol. The number of halogens is 2. The third kappa shape index (κ3) is 5.99. The van der Waals surface area contributed by atoms with E-state index >= 15 is 0 Å². The summed E-state index contributed by atoms with van der Waals surface area (Å²) >= 11 is 12.5. The summed E-state index contributed by atoms with van der Waals surface area (Å²) in [6, 6.07) is 11.0. The van der Waals surface area contributed by atoms with E-state index in [-0.39, 0.29) is 7.33 Å². The van der Waals surface area contributed by atoms with Crippen molar-refractivity contribution in [1.82, 2.24) is 20.1 Å². The number of anilines is 1. The summed E-state index contributed by atoms with van der Waals surface area (Å²) in [5, 5.41) is 4.12. The maximum absolute atomic E-state index is 12.1. The molecular weight excluding hydrogens is 457 g/mol. The minimum atomic E-state index is -0.140. The fraction of sp³-hybridized carbons (Fsp3) is 0.520. The van der Waals surface area contributed by atoms with E-state index in [4.69, 9.17) is 23.2 Å². The number of pyridine rings is 1. The van der Waals surface area contributed by atoms with Gasteiger partial charge in [0, 0.05) is 57.5 Å². The molecule has 2 aliphatic heterocycles. The molecule has 1 atom stereocenters. The molecule has 0 spiro atoms. The Labute approximate surface area is 208 Å². The fourth-order valence-corrected chi connectivity index (χ4v) is 5.43. The summed E-state index contributed by atoms with van der Waals surface area (Å²) in [4.78, 5) is 24.0. The Hall–Kier alpha value is -1.86. The molecule has 6 nitrogen and oxygen atoms in total. The fourth-order valence-electron chi connectivity index (χ4n) is 5.01. The van der Waals surface area contributed by atoms with Crippen LogP contribution in [0.4, 0.5) is 5.82 Å². The average molecular weight is 492 g/mol. The first-order chi connectivity index (χ1) is 15.9. The number of likely N-dealkylation sites (tertiary alicyclic amines) is 1. The van der Waals surface area contributed by atoms with Gasteiger partial charge in [-0.2, -0.15) is 0 Å². The molecule has 1 aromatic heterocycles. The first-order valence-electron chi connectivity index (χ1n) is 11.9. The summed E-state index contributed by atoms with van der Waals surface area (Å²) in [7, 11) is 0. The average Bonchev–Trinajstić information content (AvgIpc) is 2.81. The molecule has 2 fully saturated rings. The van der Waals surface area contributed by atoms with Gasteiger partial charge in [-0.25, -0.2) is 4.98 Å². The molecule has 180 valence electrons. The Bertz CT molecular complexity index is 953. The molecule has 0 bridgehead atoms. The zero-order valence-electron chi connectivity index (χ0n) is 19.4. The van der Waals surface area contributed by atoms with Crippen LogP contribution in [0.25, 0.3) is 0 Å². The number of benzene rings is 1. The van der Waals surface area contributed by atoms with Crippen molar-refractivity contribution in [3.63, 3.8) is 0 Å². The zero-order chi connectivity index (χ0) is 23.4. The lowest BCUT2D eigenvalue weighted by Crippen LogP contribution is -2.57. The van der Waals surface area contributed by atoms with Gasteiger partial charge in [0.1, 0.15) is 5.82 Å². The number of hydrogen-bond acceptors (Lipinski definition) is 5. The first kappa shape index (κ1) is 24.3. The Morgan fingerprint density at radius 2 is 1.88 bits per heavy atom. The number of carbonyl (C=O) groups is 1. The summed E-state index contributed by atoms with van der Waals surface area (Å²) in [6.07, 6.45) is 4.01. The predicted octanol–water partition coefficient (Wildman–Crippen LogP) is 4.56. The molecular formula is C25H35Cl2N5O. The number of aromatic nitrogens is 1. The molecule has 2 aromatic rings. The highest BCUT2D eigenvalue weighted by molar-refractivity contribution is 6.33. The number of hydrogen-bond donors (Lipinski definition) is 1. The number of amides is 1. The number of piperazine rings is 1. The molecule has 33 heavy (non-hydrogen) atoms. The molecule has 8 heteroatoms. The van der Waals surface area contributed by atoms with Crippen LogP contribution >= 0.6 is 23.2 Å². The quantitative estimate of drug-likeness (QED) is 0.641. The van der Waals surface area contributed by atoms with E-state index in [1.807, 2.05) is 19.1 Å². The Kier molecular flexibility index (Phi) is 8.12. The lowest BCUT2D eigenvalue weighted by Gasteiger charge is -2.47. The number of piperidine rings is 1. The highest BCUT2D eigenvalue weighted by Gasteiger charge is 2.32. The van der Waals surface area contributed by atoms with E-state index in [1.54, 1.807) is 12.3 Å². The lowest BCUT2D eigenvalue weighted by molar-refractivity contribution is 0.0690. The van der Waals surface area contributed by atoms with Gasteiger partial charge in [-0.05, 0) is 63.5 Å². The summed E-state index contributed by atoms with van der Waals surface area (Å²) in [5.74, 6) is 0.632. The maximum atomic E-state index is 12.1. The molecule has 1 aromatic carbocycles. The van der Waals surface area contributed by atoms with Crippen LogP contribution in [0.1, 0.15) is 44.0 Å². The van der Waals surface area contributed by atoms with Crippen LogP contribution < -0.4 is 10.2 Å². The highest BCUT2D eigenvalue weighted by atomic mass is 35.5. The number of nitrogens with one attached hydrogen (secondary N) is 1. The zero-order valence-corrected chi connectivity index (χ0v) is 20.9. The second kappa shape index (κ2) is 11.0. The summed E-state index contributed by atoms with van der Waals surface area (Å²) in [6.45, 7) is 10.8. The molecule has 1 N–H and O–H groups in total. The van der Waals surface area contributed by atoms with Crippen LogP contribution in [0.2, 0.25) is 10.0 Å². The van der Waals surface area contributed by atoms with Gasteiger partial charge < -0.3 is 10.2 Å². The van der Waals surface area contributed by atoms with Gasteiger partial charge in [0.2, 0.25) is 0 Å². The van der Waals surface area contributed by atoms with Crippen molar-refractivity contribution in [3.05, 3.63) is 57.7 Å². The standard InChI is InChI=1S/C25H33Cl2N5O.H2/c1-3-28-25(33)20-14-23(27)24(29-15-20)31-12-13-32(18(2)16-31)22-8-10-30(11-9-22)17-19-4-6-21(26)7-5-19;/h4-7,14-15,18,22H,3,8-13,16-17H2,1-2H3,(H,28,33);1H/t18-;/m0./s1. The van der Waals surface area contributed by atoms with E-state index in [2.05, 4.69) is 44.1 Å². The largest absolute Gasteiger partial charge is 0.353 e. The Morgan fingerprint density at radius 1 is 1.15 bits per heavy atom. The van der Waals surface area contributed by atoms with Gasteiger partial charge in [-0.15, -0.1) is 0 Å². The van der Waals surface area contributed by atoms with Crippen LogP contribution in [0, 0.1) is 0 Å². The second-order valence-corrected chi connectivity index (χ2v) is 9.90. The minimum absolute atomic E-state index is 0. The molecule has 3 heterocycles.